The van der Waals surface area contributed by atoms with E-state index in [1.54, 1.807) is 27.7 Å². The number of esters is 2. The van der Waals surface area contributed by atoms with Gasteiger partial charge in [0.1, 0.15) is 21.9 Å². The van der Waals surface area contributed by atoms with Crippen molar-refractivity contribution in [3.8, 4) is 0 Å². The van der Waals surface area contributed by atoms with Crippen LogP contribution in [0.1, 0.15) is 34.6 Å². The number of hydrogen-bond acceptors (Lipinski definition) is 6. The summed E-state index contributed by atoms with van der Waals surface area (Å²) in [7, 11) is 0. The van der Waals surface area contributed by atoms with Gasteiger partial charge in [0, 0.05) is 0 Å². The molecule has 0 aromatic carbocycles. The maximum atomic E-state index is 11.7. The van der Waals surface area contributed by atoms with E-state index in [2.05, 4.69) is 31.9 Å². The van der Waals surface area contributed by atoms with Gasteiger partial charge in [-0.2, -0.15) is 0 Å². The first kappa shape index (κ1) is 20.8. The van der Waals surface area contributed by atoms with Crippen LogP contribution in [0.25, 0.3) is 0 Å². The zero-order valence-corrected chi connectivity index (χ0v) is 15.9. The Hall–Kier alpha value is -0.180. The third-order valence-corrected chi connectivity index (χ3v) is 3.31. The average Bonchev–Trinajstić information content (AvgIpc) is 2.30. The summed E-state index contributed by atoms with van der Waals surface area (Å²) < 4.78 is 8.31. The lowest BCUT2D eigenvalue weighted by molar-refractivity contribution is -0.187. The van der Waals surface area contributed by atoms with Crippen LogP contribution in [0.5, 0.6) is 0 Å². The number of aliphatic hydroxyl groups excluding tert-OH is 1. The zero-order valence-electron chi connectivity index (χ0n) is 12.8. The standard InChI is InChI=1S/C13H22Br2O6/c1-11(2,14)9(18)20-6-13(5,8(16)17)7-21-10(19)12(3,4)15/h8,16-17H,6-7H2,1-5H3. The van der Waals surface area contributed by atoms with Crippen LogP contribution in [0.2, 0.25) is 0 Å². The molecule has 0 aliphatic carbocycles. The predicted molar refractivity (Wildman–Crippen MR) is 84.3 cm³/mol. The van der Waals surface area contributed by atoms with E-state index < -0.39 is 32.3 Å². The minimum Gasteiger partial charge on any atom is -0.464 e. The van der Waals surface area contributed by atoms with E-state index in [0.717, 1.165) is 0 Å². The quantitative estimate of drug-likeness (QED) is 0.361. The Morgan fingerprint density at radius 3 is 1.38 bits per heavy atom. The molecule has 0 aliphatic heterocycles. The van der Waals surface area contributed by atoms with Gasteiger partial charge in [-0.25, -0.2) is 0 Å². The molecule has 0 saturated carbocycles. The summed E-state index contributed by atoms with van der Waals surface area (Å²) in [5.74, 6) is -1.11. The van der Waals surface area contributed by atoms with Gasteiger partial charge in [-0.05, 0) is 34.6 Å². The van der Waals surface area contributed by atoms with Gasteiger partial charge in [0.15, 0.2) is 6.29 Å². The number of hydrogen-bond donors (Lipinski definition) is 2. The fourth-order valence-electron chi connectivity index (χ4n) is 0.995. The Labute approximate surface area is 141 Å². The SMILES string of the molecule is CC(C)(Br)C(=O)OCC(C)(COC(=O)C(C)(C)Br)C(O)O. The molecular formula is C13H22Br2O6. The first-order valence-corrected chi connectivity index (χ1v) is 7.87. The molecule has 124 valence electrons. The summed E-state index contributed by atoms with van der Waals surface area (Å²) in [6.45, 7) is 7.28. The number of carbonyl (C=O) groups excluding carboxylic acids is 2. The molecule has 0 fully saturated rings. The van der Waals surface area contributed by atoms with Gasteiger partial charge in [0.25, 0.3) is 0 Å². The molecule has 0 unspecified atom stereocenters. The van der Waals surface area contributed by atoms with E-state index in [0.29, 0.717) is 0 Å². The van der Waals surface area contributed by atoms with Crippen molar-refractivity contribution in [2.24, 2.45) is 5.41 Å². The van der Waals surface area contributed by atoms with Gasteiger partial charge in [0.05, 0.1) is 5.41 Å². The van der Waals surface area contributed by atoms with Gasteiger partial charge in [-0.1, -0.05) is 31.9 Å². The van der Waals surface area contributed by atoms with Gasteiger partial charge in [0.2, 0.25) is 0 Å². The lowest BCUT2D eigenvalue weighted by Crippen LogP contribution is -2.44. The van der Waals surface area contributed by atoms with Crippen molar-refractivity contribution >= 4 is 43.8 Å². The highest BCUT2D eigenvalue weighted by Crippen LogP contribution is 2.26. The summed E-state index contributed by atoms with van der Waals surface area (Å²) in [5.41, 5.74) is -1.32. The Kier molecular flexibility index (Phi) is 7.33. The third-order valence-electron chi connectivity index (χ3n) is 2.66. The second-order valence-electron chi connectivity index (χ2n) is 6.12. The monoisotopic (exact) mass is 432 g/mol. The Balaban J connectivity index is 4.72. The highest BCUT2D eigenvalue weighted by atomic mass is 79.9. The van der Waals surface area contributed by atoms with Crippen LogP contribution < -0.4 is 0 Å². The van der Waals surface area contributed by atoms with Crippen molar-refractivity contribution in [1.82, 2.24) is 0 Å². The summed E-state index contributed by atoms with van der Waals surface area (Å²) >= 11 is 6.29. The Bertz CT molecular complexity index is 351. The molecule has 0 aliphatic rings. The van der Waals surface area contributed by atoms with Gasteiger partial charge in [-0.15, -0.1) is 0 Å². The lowest BCUT2D eigenvalue weighted by atomic mass is 9.92. The Morgan fingerprint density at radius 2 is 1.19 bits per heavy atom. The van der Waals surface area contributed by atoms with Gasteiger partial charge in [-0.3, -0.25) is 9.59 Å². The minimum atomic E-state index is -1.81. The van der Waals surface area contributed by atoms with Gasteiger partial charge < -0.3 is 19.7 Å². The molecule has 0 spiro atoms. The van der Waals surface area contributed by atoms with Gasteiger partial charge >= 0.3 is 11.9 Å². The van der Waals surface area contributed by atoms with E-state index in [1.807, 2.05) is 0 Å². The van der Waals surface area contributed by atoms with Crippen LogP contribution >= 0.6 is 31.9 Å². The minimum absolute atomic E-state index is 0.297. The van der Waals surface area contributed by atoms with Crippen molar-refractivity contribution in [3.05, 3.63) is 0 Å². The van der Waals surface area contributed by atoms with Crippen LogP contribution in [0.15, 0.2) is 0 Å². The highest BCUT2D eigenvalue weighted by Gasteiger charge is 2.38. The van der Waals surface area contributed by atoms with Crippen molar-refractivity contribution in [1.29, 1.82) is 0 Å². The molecular weight excluding hydrogens is 412 g/mol. The molecule has 0 heterocycles. The molecule has 0 rings (SSSR count). The van der Waals surface area contributed by atoms with Crippen LogP contribution in [-0.4, -0.2) is 50.3 Å². The summed E-state index contributed by atoms with van der Waals surface area (Å²) in [5, 5.41) is 18.9. The molecule has 0 atom stereocenters. The fraction of sp³-hybridized carbons (Fsp3) is 0.846. The van der Waals surface area contributed by atoms with Crippen molar-refractivity contribution in [2.45, 2.75) is 49.6 Å². The molecule has 21 heavy (non-hydrogen) atoms. The first-order valence-electron chi connectivity index (χ1n) is 6.28. The topological polar surface area (TPSA) is 93.1 Å². The molecule has 8 heteroatoms. The molecule has 0 amide bonds. The van der Waals surface area contributed by atoms with Crippen LogP contribution in [-0.2, 0) is 19.1 Å². The van der Waals surface area contributed by atoms with Crippen LogP contribution in [0, 0.1) is 5.41 Å². The number of ether oxygens (including phenoxy) is 2. The van der Waals surface area contributed by atoms with E-state index in [1.165, 1.54) is 6.92 Å². The molecule has 0 aromatic rings. The maximum Gasteiger partial charge on any atom is 0.322 e. The third kappa shape index (κ3) is 7.08. The Morgan fingerprint density at radius 1 is 0.905 bits per heavy atom. The average molecular weight is 434 g/mol. The zero-order chi connectivity index (χ0) is 17.1. The lowest BCUT2D eigenvalue weighted by Gasteiger charge is -2.31. The number of alkyl halides is 2. The molecule has 6 nitrogen and oxygen atoms in total. The van der Waals surface area contributed by atoms with Crippen molar-refractivity contribution in [2.75, 3.05) is 13.2 Å². The largest absolute Gasteiger partial charge is 0.464 e. The predicted octanol–water partition coefficient (Wildman–Crippen LogP) is 1.74. The smallest absolute Gasteiger partial charge is 0.322 e. The number of carbonyl (C=O) groups is 2. The number of aliphatic hydroxyl groups is 2. The van der Waals surface area contributed by atoms with E-state index in [4.69, 9.17) is 9.47 Å². The summed E-state index contributed by atoms with van der Waals surface area (Å²) in [6.07, 6.45) is -1.81. The molecule has 0 saturated heterocycles. The van der Waals surface area contributed by atoms with Crippen LogP contribution in [0.3, 0.4) is 0 Å². The second kappa shape index (κ2) is 7.39. The van der Waals surface area contributed by atoms with E-state index >= 15 is 0 Å². The normalized spacial score (nSPS) is 13.2. The fourth-order valence-corrected chi connectivity index (χ4v) is 1.22. The summed E-state index contributed by atoms with van der Waals surface area (Å²) in [4.78, 5) is 23.4. The first-order chi connectivity index (χ1) is 9.20. The summed E-state index contributed by atoms with van der Waals surface area (Å²) in [6, 6.07) is 0. The maximum absolute atomic E-state index is 11.7. The molecule has 0 bridgehead atoms. The van der Waals surface area contributed by atoms with Crippen LogP contribution in [0.4, 0.5) is 0 Å². The van der Waals surface area contributed by atoms with Crippen molar-refractivity contribution < 1.29 is 29.3 Å². The van der Waals surface area contributed by atoms with Crippen molar-refractivity contribution in [3.63, 3.8) is 0 Å². The highest BCUT2D eigenvalue weighted by molar-refractivity contribution is 9.10. The second-order valence-corrected chi connectivity index (χ2v) is 10.1. The van der Waals surface area contributed by atoms with E-state index in [9.17, 15) is 19.8 Å². The molecule has 0 aromatic heterocycles. The molecule has 0 radical (unpaired) electrons. The number of halogens is 2. The molecule has 2 N–H and O–H groups in total. The number of rotatable bonds is 7. The van der Waals surface area contributed by atoms with E-state index in [-0.39, 0.29) is 13.2 Å².